The summed E-state index contributed by atoms with van der Waals surface area (Å²) >= 11 is 0. The molecule has 0 unspecified atom stereocenters. The molecule has 0 amide bonds. The molecule has 1 aromatic rings. The minimum Gasteiger partial charge on any atom is -0.477 e. The van der Waals surface area contributed by atoms with Gasteiger partial charge >= 0.3 is 0 Å². The third kappa shape index (κ3) is 2.66. The Morgan fingerprint density at radius 2 is 2.11 bits per heavy atom. The molecule has 0 aliphatic heterocycles. The second kappa shape index (κ2) is 5.27. The second-order valence-electron chi connectivity index (χ2n) is 5.55. The summed E-state index contributed by atoms with van der Waals surface area (Å²) in [6.07, 6.45) is 8.71. The molecule has 0 radical (unpaired) electrons. The van der Waals surface area contributed by atoms with Crippen molar-refractivity contribution in [3.63, 3.8) is 0 Å². The number of pyridine rings is 1. The summed E-state index contributed by atoms with van der Waals surface area (Å²) in [6.45, 7) is 1.32. The molecule has 0 saturated heterocycles. The highest BCUT2D eigenvalue weighted by molar-refractivity contribution is 5.35. The number of nitrogens with zero attached hydrogens (tertiary/aromatic N) is 1. The van der Waals surface area contributed by atoms with E-state index in [-0.39, 0.29) is 0 Å². The van der Waals surface area contributed by atoms with Crippen LogP contribution >= 0.6 is 0 Å². The Morgan fingerprint density at radius 3 is 2.89 bits per heavy atom. The highest BCUT2D eigenvalue weighted by Crippen LogP contribution is 2.32. The van der Waals surface area contributed by atoms with Crippen LogP contribution in [0.2, 0.25) is 0 Å². The lowest BCUT2D eigenvalue weighted by atomic mass is 9.95. The number of aromatic nitrogens is 1. The van der Waals surface area contributed by atoms with E-state index in [0.717, 1.165) is 36.8 Å². The lowest BCUT2D eigenvalue weighted by Gasteiger charge is -2.18. The van der Waals surface area contributed by atoms with Crippen molar-refractivity contribution in [2.45, 2.75) is 51.5 Å². The lowest BCUT2D eigenvalue weighted by molar-refractivity contribution is 0.287. The standard InChI is InChI=1S/C15H22N2O/c16-10-13-9-12-3-1-2-4-14(12)17-15(13)18-8-7-11-5-6-11/h9,11H,1-8,10,16H2. The summed E-state index contributed by atoms with van der Waals surface area (Å²) in [5.41, 5.74) is 9.50. The molecule has 3 heteroatoms. The maximum absolute atomic E-state index is 5.85. The van der Waals surface area contributed by atoms with Crippen LogP contribution in [-0.4, -0.2) is 11.6 Å². The van der Waals surface area contributed by atoms with Crippen LogP contribution in [0.1, 0.15) is 48.9 Å². The van der Waals surface area contributed by atoms with E-state index in [9.17, 15) is 0 Å². The zero-order valence-electron chi connectivity index (χ0n) is 11.0. The van der Waals surface area contributed by atoms with E-state index in [1.807, 2.05) is 0 Å². The first-order valence-electron chi connectivity index (χ1n) is 7.21. The number of nitrogens with two attached hydrogens (primary N) is 1. The fourth-order valence-corrected chi connectivity index (χ4v) is 2.66. The van der Waals surface area contributed by atoms with Crippen molar-refractivity contribution in [1.29, 1.82) is 0 Å². The summed E-state index contributed by atoms with van der Waals surface area (Å²) in [5, 5.41) is 0. The molecule has 1 heterocycles. The van der Waals surface area contributed by atoms with Crippen molar-refractivity contribution in [3.05, 3.63) is 22.9 Å². The molecule has 0 aromatic carbocycles. The molecule has 0 bridgehead atoms. The van der Waals surface area contributed by atoms with E-state index in [1.165, 1.54) is 43.4 Å². The number of rotatable bonds is 5. The predicted molar refractivity (Wildman–Crippen MR) is 71.6 cm³/mol. The Balaban J connectivity index is 1.73. The van der Waals surface area contributed by atoms with Gasteiger partial charge in [0, 0.05) is 17.8 Å². The van der Waals surface area contributed by atoms with Crippen molar-refractivity contribution in [2.75, 3.05) is 6.61 Å². The van der Waals surface area contributed by atoms with Gasteiger partial charge in [-0.05, 0) is 49.7 Å². The number of aryl methyl sites for hydroxylation is 2. The van der Waals surface area contributed by atoms with E-state index in [1.54, 1.807) is 0 Å². The number of hydrogen-bond acceptors (Lipinski definition) is 3. The SMILES string of the molecule is NCc1cc2c(nc1OCCC1CC1)CCCC2. The van der Waals surface area contributed by atoms with E-state index >= 15 is 0 Å². The van der Waals surface area contributed by atoms with Gasteiger partial charge in [0.25, 0.3) is 0 Å². The van der Waals surface area contributed by atoms with Gasteiger partial charge in [-0.2, -0.15) is 0 Å². The first-order valence-corrected chi connectivity index (χ1v) is 7.21. The smallest absolute Gasteiger partial charge is 0.218 e. The lowest BCUT2D eigenvalue weighted by Crippen LogP contribution is -2.12. The van der Waals surface area contributed by atoms with Gasteiger partial charge in [0.15, 0.2) is 0 Å². The van der Waals surface area contributed by atoms with Gasteiger partial charge < -0.3 is 10.5 Å². The van der Waals surface area contributed by atoms with Gasteiger partial charge in [0.1, 0.15) is 0 Å². The first-order chi connectivity index (χ1) is 8.86. The Labute approximate surface area is 109 Å². The average molecular weight is 246 g/mol. The van der Waals surface area contributed by atoms with E-state index in [0.29, 0.717) is 6.54 Å². The molecule has 2 aliphatic carbocycles. The van der Waals surface area contributed by atoms with Crippen molar-refractivity contribution in [1.82, 2.24) is 4.98 Å². The highest BCUT2D eigenvalue weighted by Gasteiger charge is 2.21. The van der Waals surface area contributed by atoms with Gasteiger partial charge in [-0.15, -0.1) is 0 Å². The fraction of sp³-hybridized carbons (Fsp3) is 0.667. The number of hydrogen-bond donors (Lipinski definition) is 1. The normalized spacial score (nSPS) is 18.5. The summed E-state index contributed by atoms with van der Waals surface area (Å²) < 4.78 is 5.85. The number of ether oxygens (including phenoxy) is 1. The molecule has 0 atom stereocenters. The van der Waals surface area contributed by atoms with Gasteiger partial charge in [-0.3, -0.25) is 0 Å². The second-order valence-corrected chi connectivity index (χ2v) is 5.55. The molecule has 1 saturated carbocycles. The van der Waals surface area contributed by atoms with Crippen LogP contribution in [0.5, 0.6) is 5.88 Å². The summed E-state index contributed by atoms with van der Waals surface area (Å²) in [7, 11) is 0. The maximum Gasteiger partial charge on any atom is 0.218 e. The highest BCUT2D eigenvalue weighted by atomic mass is 16.5. The minimum atomic E-state index is 0.527. The molecular weight excluding hydrogens is 224 g/mol. The fourth-order valence-electron chi connectivity index (χ4n) is 2.66. The van der Waals surface area contributed by atoms with Crippen LogP contribution < -0.4 is 10.5 Å². The van der Waals surface area contributed by atoms with E-state index < -0.39 is 0 Å². The van der Waals surface area contributed by atoms with Crippen LogP contribution in [0.25, 0.3) is 0 Å². The van der Waals surface area contributed by atoms with Crippen LogP contribution in [0.3, 0.4) is 0 Å². The zero-order valence-corrected chi connectivity index (χ0v) is 11.0. The summed E-state index contributed by atoms with van der Waals surface area (Å²) in [6, 6.07) is 2.22. The molecule has 2 aliphatic rings. The Morgan fingerprint density at radius 1 is 1.28 bits per heavy atom. The van der Waals surface area contributed by atoms with Crippen LogP contribution in [0, 0.1) is 5.92 Å². The number of fused-ring (bicyclic) bond motifs is 1. The predicted octanol–water partition coefficient (Wildman–Crippen LogP) is 2.60. The van der Waals surface area contributed by atoms with Crippen LogP contribution in [-0.2, 0) is 19.4 Å². The molecule has 98 valence electrons. The Bertz CT molecular complexity index is 427. The summed E-state index contributed by atoms with van der Waals surface area (Å²) in [5.74, 6) is 1.70. The molecule has 0 spiro atoms. The molecule has 1 aromatic heterocycles. The van der Waals surface area contributed by atoms with E-state index in [4.69, 9.17) is 15.5 Å². The van der Waals surface area contributed by atoms with Crippen molar-refractivity contribution in [3.8, 4) is 5.88 Å². The Hall–Kier alpha value is -1.09. The van der Waals surface area contributed by atoms with Crippen molar-refractivity contribution >= 4 is 0 Å². The van der Waals surface area contributed by atoms with Crippen molar-refractivity contribution in [2.24, 2.45) is 11.7 Å². The first kappa shape index (κ1) is 12.0. The van der Waals surface area contributed by atoms with Gasteiger partial charge in [-0.25, -0.2) is 4.98 Å². The summed E-state index contributed by atoms with van der Waals surface area (Å²) in [4.78, 5) is 4.70. The zero-order chi connectivity index (χ0) is 12.4. The van der Waals surface area contributed by atoms with Crippen molar-refractivity contribution < 1.29 is 4.74 Å². The molecule has 18 heavy (non-hydrogen) atoms. The van der Waals surface area contributed by atoms with Gasteiger partial charge in [0.05, 0.1) is 6.61 Å². The molecule has 1 fully saturated rings. The monoisotopic (exact) mass is 246 g/mol. The molecular formula is C15H22N2O. The van der Waals surface area contributed by atoms with Gasteiger partial charge in [0.2, 0.25) is 5.88 Å². The average Bonchev–Trinajstić information content (AvgIpc) is 3.22. The van der Waals surface area contributed by atoms with Crippen LogP contribution in [0.4, 0.5) is 0 Å². The topological polar surface area (TPSA) is 48.1 Å². The minimum absolute atomic E-state index is 0.527. The molecule has 3 nitrogen and oxygen atoms in total. The third-order valence-electron chi connectivity index (χ3n) is 4.02. The third-order valence-corrected chi connectivity index (χ3v) is 4.02. The molecule has 3 rings (SSSR count). The maximum atomic E-state index is 5.85. The van der Waals surface area contributed by atoms with Crippen LogP contribution in [0.15, 0.2) is 6.07 Å². The largest absolute Gasteiger partial charge is 0.477 e. The molecule has 2 N–H and O–H groups in total. The van der Waals surface area contributed by atoms with E-state index in [2.05, 4.69) is 6.07 Å². The van der Waals surface area contributed by atoms with Gasteiger partial charge in [-0.1, -0.05) is 12.8 Å². The Kier molecular flexibility index (Phi) is 3.50. The quantitative estimate of drug-likeness (QED) is 0.868.